The second kappa shape index (κ2) is 6.56. The summed E-state index contributed by atoms with van der Waals surface area (Å²) in [5.74, 6) is -1.23. The number of hydrogen-bond donors (Lipinski definition) is 3. The van der Waals surface area contributed by atoms with Crippen LogP contribution in [0.5, 0.6) is 0 Å². The van der Waals surface area contributed by atoms with Crippen molar-refractivity contribution in [3.8, 4) is 0 Å². The molecular weight excluding hydrogens is 232 g/mol. The number of rotatable bonds is 5. The molecular formula is C13H16N2O3. The molecule has 4 N–H and O–H groups in total. The van der Waals surface area contributed by atoms with Crippen molar-refractivity contribution < 1.29 is 14.7 Å². The van der Waals surface area contributed by atoms with E-state index in [4.69, 9.17) is 10.8 Å². The summed E-state index contributed by atoms with van der Waals surface area (Å²) < 4.78 is 0. The van der Waals surface area contributed by atoms with E-state index >= 15 is 0 Å². The second-order valence-electron chi connectivity index (χ2n) is 3.80. The fourth-order valence-corrected chi connectivity index (χ4v) is 1.27. The van der Waals surface area contributed by atoms with Crippen LogP contribution >= 0.6 is 0 Å². The number of nitrogens with one attached hydrogen (secondary N) is 1. The fraction of sp³-hybridized carbons (Fsp3) is 0.231. The highest BCUT2D eigenvalue weighted by Gasteiger charge is 2.10. The lowest BCUT2D eigenvalue weighted by molar-refractivity contribution is -0.131. The number of amides is 1. The highest BCUT2D eigenvalue weighted by molar-refractivity contribution is 5.94. The smallest absolute Gasteiger partial charge is 0.328 e. The summed E-state index contributed by atoms with van der Waals surface area (Å²) in [4.78, 5) is 21.9. The van der Waals surface area contributed by atoms with E-state index < -0.39 is 12.0 Å². The van der Waals surface area contributed by atoms with E-state index in [1.807, 2.05) is 6.92 Å². The van der Waals surface area contributed by atoms with Crippen molar-refractivity contribution in [3.63, 3.8) is 0 Å². The van der Waals surface area contributed by atoms with E-state index in [1.54, 1.807) is 24.3 Å². The number of nitrogens with two attached hydrogens (primary N) is 1. The van der Waals surface area contributed by atoms with Crippen LogP contribution in [0.15, 0.2) is 30.3 Å². The topological polar surface area (TPSA) is 92.4 Å². The minimum atomic E-state index is -0.999. The average Bonchev–Trinajstić information content (AvgIpc) is 2.36. The Morgan fingerprint density at radius 2 is 2.00 bits per heavy atom. The summed E-state index contributed by atoms with van der Waals surface area (Å²) in [6.07, 6.45) is 3.11. The van der Waals surface area contributed by atoms with Gasteiger partial charge in [0.2, 0.25) is 5.91 Å². The number of carbonyl (C=O) groups excluding carboxylic acids is 1. The molecule has 1 rings (SSSR count). The number of hydrogen-bond acceptors (Lipinski definition) is 3. The fourth-order valence-electron chi connectivity index (χ4n) is 1.27. The molecule has 0 fully saturated rings. The maximum Gasteiger partial charge on any atom is 0.328 e. The number of benzene rings is 1. The summed E-state index contributed by atoms with van der Waals surface area (Å²) in [7, 11) is 0. The average molecular weight is 248 g/mol. The van der Waals surface area contributed by atoms with Crippen LogP contribution < -0.4 is 11.1 Å². The third-order valence-electron chi connectivity index (χ3n) is 2.37. The molecule has 0 aliphatic heterocycles. The molecule has 0 unspecified atom stereocenters. The number of carboxylic acid groups (broad SMARTS) is 1. The van der Waals surface area contributed by atoms with Crippen LogP contribution in [-0.4, -0.2) is 23.0 Å². The van der Waals surface area contributed by atoms with Crippen LogP contribution in [0.3, 0.4) is 0 Å². The van der Waals surface area contributed by atoms with Crippen molar-refractivity contribution in [1.82, 2.24) is 0 Å². The molecule has 0 saturated heterocycles. The van der Waals surface area contributed by atoms with Crippen molar-refractivity contribution in [2.75, 3.05) is 5.32 Å². The van der Waals surface area contributed by atoms with Crippen LogP contribution in [0, 0.1) is 0 Å². The van der Waals surface area contributed by atoms with Crippen molar-refractivity contribution in [2.24, 2.45) is 5.73 Å². The highest BCUT2D eigenvalue weighted by atomic mass is 16.4. The monoisotopic (exact) mass is 248 g/mol. The standard InChI is InChI=1S/C13H16N2O3/c1-2-11(14)13(18)15-10-6-3-9(4-7-10)5-8-12(16)17/h3-8,11H,2,14H2,1H3,(H,15,18)(H,16,17)/b8-5+/t11-/m0/s1. The lowest BCUT2D eigenvalue weighted by Crippen LogP contribution is -2.34. The van der Waals surface area contributed by atoms with Crippen molar-refractivity contribution in [2.45, 2.75) is 19.4 Å². The molecule has 0 bridgehead atoms. The van der Waals surface area contributed by atoms with E-state index in [0.717, 1.165) is 11.6 Å². The zero-order chi connectivity index (χ0) is 13.5. The van der Waals surface area contributed by atoms with Gasteiger partial charge in [0, 0.05) is 11.8 Å². The number of carboxylic acids is 1. The zero-order valence-corrected chi connectivity index (χ0v) is 10.1. The summed E-state index contributed by atoms with van der Waals surface area (Å²) in [5, 5.41) is 11.2. The van der Waals surface area contributed by atoms with Crippen LogP contribution in [-0.2, 0) is 9.59 Å². The Kier molecular flexibility index (Phi) is 5.07. The molecule has 1 aromatic carbocycles. The van der Waals surface area contributed by atoms with Crippen molar-refractivity contribution in [1.29, 1.82) is 0 Å². The molecule has 0 aromatic heterocycles. The van der Waals surface area contributed by atoms with Crippen LogP contribution in [0.2, 0.25) is 0 Å². The number of carbonyl (C=O) groups is 2. The molecule has 5 nitrogen and oxygen atoms in total. The van der Waals surface area contributed by atoms with Gasteiger partial charge in [0.1, 0.15) is 0 Å². The molecule has 1 amide bonds. The normalized spacial score (nSPS) is 12.3. The molecule has 18 heavy (non-hydrogen) atoms. The Labute approximate surface area is 105 Å². The van der Waals surface area contributed by atoms with Gasteiger partial charge in [0.15, 0.2) is 0 Å². The first-order chi connectivity index (χ1) is 8.52. The first kappa shape index (κ1) is 13.9. The highest BCUT2D eigenvalue weighted by Crippen LogP contribution is 2.11. The maximum atomic E-state index is 11.5. The molecule has 0 aliphatic carbocycles. The van der Waals surface area contributed by atoms with Gasteiger partial charge in [0.05, 0.1) is 6.04 Å². The molecule has 1 aromatic rings. The molecule has 1 atom stereocenters. The van der Waals surface area contributed by atoms with E-state index in [2.05, 4.69) is 5.32 Å². The Hall–Kier alpha value is -2.14. The first-order valence-corrected chi connectivity index (χ1v) is 5.60. The van der Waals surface area contributed by atoms with Gasteiger partial charge in [-0.1, -0.05) is 19.1 Å². The lowest BCUT2D eigenvalue weighted by Gasteiger charge is -2.09. The van der Waals surface area contributed by atoms with Gasteiger partial charge < -0.3 is 16.2 Å². The number of aliphatic carboxylic acids is 1. The third kappa shape index (κ3) is 4.39. The van der Waals surface area contributed by atoms with E-state index in [0.29, 0.717) is 12.1 Å². The van der Waals surface area contributed by atoms with E-state index in [-0.39, 0.29) is 5.91 Å². The molecule has 0 heterocycles. The van der Waals surface area contributed by atoms with Gasteiger partial charge in [-0.05, 0) is 30.2 Å². The first-order valence-electron chi connectivity index (χ1n) is 5.60. The molecule has 0 spiro atoms. The van der Waals surface area contributed by atoms with Gasteiger partial charge in [-0.2, -0.15) is 0 Å². The SMILES string of the molecule is CC[C@H](N)C(=O)Nc1ccc(/C=C/C(=O)O)cc1. The van der Waals surface area contributed by atoms with Gasteiger partial charge in [0.25, 0.3) is 0 Å². The minimum absolute atomic E-state index is 0.230. The van der Waals surface area contributed by atoms with E-state index in [9.17, 15) is 9.59 Å². The lowest BCUT2D eigenvalue weighted by atomic mass is 10.1. The van der Waals surface area contributed by atoms with Gasteiger partial charge in [-0.15, -0.1) is 0 Å². The Morgan fingerprint density at radius 3 is 2.50 bits per heavy atom. The predicted molar refractivity (Wildman–Crippen MR) is 70.0 cm³/mol. The zero-order valence-electron chi connectivity index (χ0n) is 10.1. The molecule has 0 saturated carbocycles. The Balaban J connectivity index is 2.66. The van der Waals surface area contributed by atoms with Crippen LogP contribution in [0.1, 0.15) is 18.9 Å². The quantitative estimate of drug-likeness (QED) is 0.688. The van der Waals surface area contributed by atoms with Gasteiger partial charge in [-0.3, -0.25) is 4.79 Å². The number of anilines is 1. The summed E-state index contributed by atoms with van der Waals surface area (Å²) in [5.41, 5.74) is 6.97. The summed E-state index contributed by atoms with van der Waals surface area (Å²) in [6.45, 7) is 1.84. The molecule has 0 aliphatic rings. The van der Waals surface area contributed by atoms with Crippen LogP contribution in [0.4, 0.5) is 5.69 Å². The van der Waals surface area contributed by atoms with Crippen molar-refractivity contribution in [3.05, 3.63) is 35.9 Å². The van der Waals surface area contributed by atoms with Gasteiger partial charge in [-0.25, -0.2) is 4.79 Å². The third-order valence-corrected chi connectivity index (χ3v) is 2.37. The molecule has 0 radical (unpaired) electrons. The van der Waals surface area contributed by atoms with E-state index in [1.165, 1.54) is 6.08 Å². The Bertz CT molecular complexity index is 452. The van der Waals surface area contributed by atoms with Crippen molar-refractivity contribution >= 4 is 23.6 Å². The maximum absolute atomic E-state index is 11.5. The minimum Gasteiger partial charge on any atom is -0.478 e. The largest absolute Gasteiger partial charge is 0.478 e. The molecule has 5 heteroatoms. The summed E-state index contributed by atoms with van der Waals surface area (Å²) >= 11 is 0. The van der Waals surface area contributed by atoms with Gasteiger partial charge >= 0.3 is 5.97 Å². The summed E-state index contributed by atoms with van der Waals surface area (Å²) in [6, 6.07) is 6.31. The predicted octanol–water partition coefficient (Wildman–Crippen LogP) is 1.46. The Morgan fingerprint density at radius 1 is 1.39 bits per heavy atom. The second-order valence-corrected chi connectivity index (χ2v) is 3.80. The van der Waals surface area contributed by atoms with Crippen LogP contribution in [0.25, 0.3) is 6.08 Å². The molecule has 96 valence electrons.